The molecule has 0 radical (unpaired) electrons. The predicted molar refractivity (Wildman–Crippen MR) is 107 cm³/mol. The Morgan fingerprint density at radius 1 is 1.27 bits per heavy atom. The second-order valence-corrected chi connectivity index (χ2v) is 6.58. The van der Waals surface area contributed by atoms with E-state index in [1.165, 1.54) is 7.11 Å². The number of methoxy groups -OCH3 is 1. The van der Waals surface area contributed by atoms with Gasteiger partial charge in [-0.25, -0.2) is 14.8 Å². The van der Waals surface area contributed by atoms with Crippen LogP contribution < -0.4 is 4.74 Å². The molecule has 0 saturated heterocycles. The largest absolute Gasteiger partial charge is 0.479 e. The van der Waals surface area contributed by atoms with Gasteiger partial charge in [-0.3, -0.25) is 0 Å². The maximum Gasteiger partial charge on any atom is 0.333 e. The maximum absolute atomic E-state index is 11.0. The zero-order valence-electron chi connectivity index (χ0n) is 16.7. The van der Waals surface area contributed by atoms with Gasteiger partial charge in [0.1, 0.15) is 5.76 Å². The molecule has 0 aliphatic heterocycles. The van der Waals surface area contributed by atoms with Crippen molar-refractivity contribution in [2.24, 2.45) is 0 Å². The highest BCUT2D eigenvalue weighted by molar-refractivity contribution is 5.72. The summed E-state index contributed by atoms with van der Waals surface area (Å²) >= 11 is 0. The van der Waals surface area contributed by atoms with E-state index in [9.17, 15) is 4.79 Å². The summed E-state index contributed by atoms with van der Waals surface area (Å²) in [6.07, 6.45) is 1.45. The van der Waals surface area contributed by atoms with Crippen LogP contribution in [0, 0.1) is 18.3 Å². The average molecular weight is 407 g/mol. The molecule has 8 heteroatoms. The number of ether oxygens (including phenoxy) is 2. The lowest BCUT2D eigenvalue weighted by Crippen LogP contribution is -2.24. The van der Waals surface area contributed by atoms with E-state index in [2.05, 4.69) is 16.0 Å². The topological polar surface area (TPSA) is 118 Å². The van der Waals surface area contributed by atoms with E-state index in [1.807, 2.05) is 6.92 Å². The molecular formula is C22H21N3O5. The Morgan fingerprint density at radius 2 is 2.03 bits per heavy atom. The minimum atomic E-state index is -1.01. The number of pyridine rings is 1. The summed E-state index contributed by atoms with van der Waals surface area (Å²) in [7, 11) is 1.36. The van der Waals surface area contributed by atoms with Gasteiger partial charge in [0.2, 0.25) is 11.8 Å². The highest BCUT2D eigenvalue weighted by atomic mass is 16.5. The van der Waals surface area contributed by atoms with E-state index in [4.69, 9.17) is 24.3 Å². The Kier molecular flexibility index (Phi) is 6.78. The van der Waals surface area contributed by atoms with Gasteiger partial charge in [-0.15, -0.1) is 0 Å². The number of hydrogen-bond acceptors (Lipinski definition) is 7. The van der Waals surface area contributed by atoms with Crippen LogP contribution in [0.5, 0.6) is 5.88 Å². The van der Waals surface area contributed by atoms with Crippen molar-refractivity contribution in [2.75, 3.05) is 13.7 Å². The Balaban J connectivity index is 1.55. The molecule has 0 aliphatic rings. The van der Waals surface area contributed by atoms with E-state index in [1.54, 1.807) is 42.6 Å². The number of aryl methyl sites for hydroxylation is 1. The molecule has 2 heterocycles. The fraction of sp³-hybridized carbons (Fsp3) is 0.273. The third-order valence-electron chi connectivity index (χ3n) is 4.52. The van der Waals surface area contributed by atoms with Crippen molar-refractivity contribution >= 4 is 5.97 Å². The van der Waals surface area contributed by atoms with Crippen molar-refractivity contribution < 1.29 is 23.8 Å². The van der Waals surface area contributed by atoms with Gasteiger partial charge in [0.15, 0.2) is 6.10 Å². The van der Waals surface area contributed by atoms with Crippen molar-refractivity contribution in [3.8, 4) is 23.4 Å². The van der Waals surface area contributed by atoms with Crippen LogP contribution in [0.25, 0.3) is 11.5 Å². The first-order valence-corrected chi connectivity index (χ1v) is 9.30. The third kappa shape index (κ3) is 5.21. The molecule has 30 heavy (non-hydrogen) atoms. The van der Waals surface area contributed by atoms with Crippen molar-refractivity contribution in [2.45, 2.75) is 25.9 Å². The summed E-state index contributed by atoms with van der Waals surface area (Å²) < 4.78 is 16.3. The first-order valence-electron chi connectivity index (χ1n) is 9.30. The van der Waals surface area contributed by atoms with Gasteiger partial charge in [0.05, 0.1) is 23.9 Å². The summed E-state index contributed by atoms with van der Waals surface area (Å²) in [4.78, 5) is 19.8. The van der Waals surface area contributed by atoms with Crippen molar-refractivity contribution in [3.05, 3.63) is 65.2 Å². The Hall–Kier alpha value is -3.70. The molecule has 1 unspecified atom stereocenters. The molecule has 0 saturated carbocycles. The molecule has 0 amide bonds. The van der Waals surface area contributed by atoms with E-state index in [0.29, 0.717) is 36.1 Å². The van der Waals surface area contributed by atoms with Gasteiger partial charge < -0.3 is 19.0 Å². The normalized spacial score (nSPS) is 11.6. The quantitative estimate of drug-likeness (QED) is 0.574. The molecule has 0 bridgehead atoms. The molecule has 2 aromatic heterocycles. The zero-order valence-corrected chi connectivity index (χ0v) is 16.7. The predicted octanol–water partition coefficient (Wildman–Crippen LogP) is 3.18. The number of rotatable bonds is 9. The maximum atomic E-state index is 11.0. The lowest BCUT2D eigenvalue weighted by molar-refractivity contribution is -0.148. The van der Waals surface area contributed by atoms with E-state index in [-0.39, 0.29) is 6.42 Å². The first kappa shape index (κ1) is 21.0. The molecule has 0 spiro atoms. The van der Waals surface area contributed by atoms with Crippen LogP contribution in [0.1, 0.15) is 22.6 Å². The number of oxazole rings is 1. The van der Waals surface area contributed by atoms with E-state index >= 15 is 0 Å². The van der Waals surface area contributed by atoms with Gasteiger partial charge in [-0.05, 0) is 36.8 Å². The Bertz CT molecular complexity index is 1040. The molecule has 0 fully saturated rings. The van der Waals surface area contributed by atoms with Gasteiger partial charge in [0, 0.05) is 37.8 Å². The Labute approximate surface area is 173 Å². The fourth-order valence-electron chi connectivity index (χ4n) is 2.83. The lowest BCUT2D eigenvalue weighted by atomic mass is 10.1. The smallest absolute Gasteiger partial charge is 0.333 e. The second-order valence-electron chi connectivity index (χ2n) is 6.58. The minimum Gasteiger partial charge on any atom is -0.479 e. The van der Waals surface area contributed by atoms with Gasteiger partial charge in [-0.2, -0.15) is 5.26 Å². The van der Waals surface area contributed by atoms with Crippen LogP contribution in [-0.2, 0) is 22.4 Å². The van der Waals surface area contributed by atoms with Crippen LogP contribution in [-0.4, -0.2) is 40.9 Å². The molecular weight excluding hydrogens is 386 g/mol. The third-order valence-corrected chi connectivity index (χ3v) is 4.52. The summed E-state index contributed by atoms with van der Waals surface area (Å²) in [6, 6.07) is 12.6. The molecule has 8 nitrogen and oxygen atoms in total. The van der Waals surface area contributed by atoms with Crippen LogP contribution in [0.3, 0.4) is 0 Å². The number of benzene rings is 1. The van der Waals surface area contributed by atoms with E-state index in [0.717, 1.165) is 16.8 Å². The number of carboxylic acid groups (broad SMARTS) is 1. The van der Waals surface area contributed by atoms with Crippen molar-refractivity contribution in [1.29, 1.82) is 5.26 Å². The fourth-order valence-corrected chi connectivity index (χ4v) is 2.83. The molecule has 3 rings (SSSR count). The van der Waals surface area contributed by atoms with Crippen LogP contribution in [0.4, 0.5) is 0 Å². The highest BCUT2D eigenvalue weighted by Crippen LogP contribution is 2.22. The van der Waals surface area contributed by atoms with Crippen molar-refractivity contribution in [1.82, 2.24) is 9.97 Å². The van der Waals surface area contributed by atoms with Gasteiger partial charge in [0.25, 0.3) is 0 Å². The molecule has 154 valence electrons. The standard InChI is InChI=1S/C22H21N3O5/c1-14-18(25-21(30-14)17-6-3-15(12-23)4-7-17)9-10-29-20-8-5-16(13-24-20)11-19(28-2)22(26)27/h3-8,13,19H,9-11H2,1-2H3,(H,26,27). The average Bonchev–Trinajstić information content (AvgIpc) is 3.13. The molecule has 1 aromatic carbocycles. The second kappa shape index (κ2) is 9.67. The van der Waals surface area contributed by atoms with Gasteiger partial charge in [-0.1, -0.05) is 6.07 Å². The molecule has 0 aliphatic carbocycles. The zero-order chi connectivity index (χ0) is 21.5. The lowest BCUT2D eigenvalue weighted by Gasteiger charge is -2.10. The van der Waals surface area contributed by atoms with Crippen molar-refractivity contribution in [3.63, 3.8) is 0 Å². The number of nitrogens with zero attached hydrogens (tertiary/aromatic N) is 3. The highest BCUT2D eigenvalue weighted by Gasteiger charge is 2.17. The monoisotopic (exact) mass is 407 g/mol. The van der Waals surface area contributed by atoms with Crippen LogP contribution in [0.15, 0.2) is 47.0 Å². The number of aliphatic carboxylic acids is 1. The number of aromatic nitrogens is 2. The SMILES string of the molecule is COC(Cc1ccc(OCCc2nc(-c3ccc(C#N)cc3)oc2C)nc1)C(=O)O. The summed E-state index contributed by atoms with van der Waals surface area (Å²) in [5.74, 6) is 0.638. The summed E-state index contributed by atoms with van der Waals surface area (Å²) in [5, 5.41) is 17.9. The molecule has 1 atom stereocenters. The number of hydrogen-bond donors (Lipinski definition) is 1. The summed E-state index contributed by atoms with van der Waals surface area (Å²) in [6.45, 7) is 2.21. The summed E-state index contributed by atoms with van der Waals surface area (Å²) in [5.41, 5.74) is 2.92. The number of nitriles is 1. The molecule has 3 aromatic rings. The van der Waals surface area contributed by atoms with Crippen LogP contribution >= 0.6 is 0 Å². The van der Waals surface area contributed by atoms with Crippen LogP contribution in [0.2, 0.25) is 0 Å². The van der Waals surface area contributed by atoms with E-state index < -0.39 is 12.1 Å². The van der Waals surface area contributed by atoms with Gasteiger partial charge >= 0.3 is 5.97 Å². The minimum absolute atomic E-state index is 0.232. The Morgan fingerprint density at radius 3 is 2.63 bits per heavy atom. The first-order chi connectivity index (χ1) is 14.5. The molecule has 1 N–H and O–H groups in total. The number of carboxylic acids is 1. The number of carbonyl (C=O) groups is 1.